The Morgan fingerprint density at radius 1 is 0.643 bits per heavy atom. The third-order valence-corrected chi connectivity index (χ3v) is 11.9. The van der Waals surface area contributed by atoms with Gasteiger partial charge in [0.15, 0.2) is 0 Å². The van der Waals surface area contributed by atoms with Crippen molar-refractivity contribution in [2.45, 2.75) is 116 Å². The molecule has 4 aromatic rings. The quantitative estimate of drug-likeness (QED) is 0.0869. The predicted molar refractivity (Wildman–Crippen MR) is 261 cm³/mol. The largest absolute Gasteiger partial charge is 0.508 e. The van der Waals surface area contributed by atoms with E-state index in [1.165, 1.54) is 34.1 Å². The summed E-state index contributed by atoms with van der Waals surface area (Å²) in [6.07, 6.45) is -3.19. The molecule has 17 heteroatoms. The van der Waals surface area contributed by atoms with Crippen LogP contribution in [-0.2, 0) is 45.0 Å². The number of phenolic OH excluding ortho intramolecular Hbond substituents is 2. The minimum absolute atomic E-state index is 0. The number of hydrogen-bond acceptors (Lipinski definition) is 11. The summed E-state index contributed by atoms with van der Waals surface area (Å²) in [5, 5.41) is 42.3. The number of nitrogens with zero attached hydrogens (tertiary/aromatic N) is 4. The van der Waals surface area contributed by atoms with E-state index < -0.39 is 77.1 Å². The van der Waals surface area contributed by atoms with Gasteiger partial charge in [0.2, 0.25) is 11.8 Å². The topological polar surface area (TPSA) is 207 Å². The van der Waals surface area contributed by atoms with Crippen molar-refractivity contribution in [1.82, 2.24) is 19.6 Å². The van der Waals surface area contributed by atoms with Crippen LogP contribution in [-0.4, -0.2) is 132 Å². The Kier molecular flexibility index (Phi) is 18.7. The van der Waals surface area contributed by atoms with Gasteiger partial charge in [0, 0.05) is 52.8 Å². The van der Waals surface area contributed by atoms with Crippen molar-refractivity contribution in [3.63, 3.8) is 0 Å². The summed E-state index contributed by atoms with van der Waals surface area (Å²) in [5.74, 6) is -3.50. The number of aliphatic hydroxyl groups is 2. The number of carbonyl (C=O) groups excluding carboxylic acids is 4. The molecule has 2 saturated heterocycles. The third-order valence-electron chi connectivity index (χ3n) is 11.9. The van der Waals surface area contributed by atoms with E-state index in [1.807, 2.05) is 60.7 Å². The summed E-state index contributed by atoms with van der Waals surface area (Å²) in [6.45, 7) is 14.0. The number of piperazine rings is 2. The number of ether oxygens (including phenoxy) is 2. The standard InChI is InChI=1S/C27H36FN3O5.C26H33FN2O5.H2/c1-27(2,3)36-26(35)31-12-11-30(17-18-7-5-4-6-8-18)25(34)23(31)24(33)20(9-10-29)13-19-14-21(28)16-22(32)15-19;1-17(12-19-13-20(27)15-21(30)14-19)23(31)22-24(32)28(16-18-8-6-5-7-9-18)10-11-29(22)25(33)34-26(2,3)4;/h4-8,14-16,20,23-24,32-33H,9-13,17,29H2,1-3H3;5-9,13-15,17,22-23,30-31H,10-12,16H2,1-4H3;1H/t20-,23-,24-;17-,22-,23-;/m00./s1. The molecule has 0 saturated carbocycles. The highest BCUT2D eigenvalue weighted by molar-refractivity contribution is 5.88. The fourth-order valence-corrected chi connectivity index (χ4v) is 8.70. The number of nitrogens with two attached hydrogens (primary N) is 1. The van der Waals surface area contributed by atoms with Gasteiger partial charge < -0.3 is 45.4 Å². The number of rotatable bonds is 14. The van der Waals surface area contributed by atoms with Gasteiger partial charge >= 0.3 is 12.2 Å². The van der Waals surface area contributed by atoms with Crippen molar-refractivity contribution in [2.24, 2.45) is 17.6 Å². The van der Waals surface area contributed by atoms with Crippen molar-refractivity contribution in [2.75, 3.05) is 32.7 Å². The summed E-state index contributed by atoms with van der Waals surface area (Å²) in [4.78, 5) is 59.1. The highest BCUT2D eigenvalue weighted by Crippen LogP contribution is 2.30. The van der Waals surface area contributed by atoms with E-state index in [0.29, 0.717) is 37.2 Å². The Balaban J connectivity index is 0.000000305. The maximum atomic E-state index is 13.9. The van der Waals surface area contributed by atoms with Gasteiger partial charge in [0.1, 0.15) is 46.4 Å². The molecule has 382 valence electrons. The van der Waals surface area contributed by atoms with Gasteiger partial charge in [-0.25, -0.2) is 18.4 Å². The first-order chi connectivity index (χ1) is 32.9. The monoisotopic (exact) mass is 976 g/mol. The molecule has 2 fully saturated rings. The Hall–Kier alpha value is -6.30. The SMILES string of the molecule is CC(C)(C)OC(=O)N1CCN(Cc2ccccc2)C(=O)[C@@H]1[C@@H](O)[C@@H](CCN)Cc1cc(O)cc(F)c1.C[C@@H](Cc1cc(O)cc(F)c1)[C@H](O)[C@H]1C(=O)N(Cc2ccccc2)CCN1C(=O)OC(C)(C)C.[HH]. The average Bonchev–Trinajstić information content (AvgIpc) is 3.26. The van der Waals surface area contributed by atoms with E-state index in [-0.39, 0.29) is 57.9 Å². The summed E-state index contributed by atoms with van der Waals surface area (Å²) in [5.41, 5.74) is 7.08. The second-order valence-corrected chi connectivity index (χ2v) is 20.1. The zero-order chi connectivity index (χ0) is 51.5. The molecule has 2 heterocycles. The van der Waals surface area contributed by atoms with Crippen LogP contribution < -0.4 is 5.73 Å². The van der Waals surface area contributed by atoms with Crippen LogP contribution in [0.3, 0.4) is 0 Å². The van der Waals surface area contributed by atoms with Crippen LogP contribution in [0.5, 0.6) is 11.5 Å². The van der Waals surface area contributed by atoms with E-state index in [9.17, 15) is 48.4 Å². The number of hydrogen-bond donors (Lipinski definition) is 5. The fraction of sp³-hybridized carbons (Fsp3) is 0.472. The van der Waals surface area contributed by atoms with Crippen LogP contribution in [0.15, 0.2) is 97.1 Å². The highest BCUT2D eigenvalue weighted by atomic mass is 19.1. The van der Waals surface area contributed by atoms with Gasteiger partial charge in [-0.2, -0.15) is 0 Å². The molecule has 2 aliphatic heterocycles. The number of aromatic hydroxyl groups is 2. The first-order valence-electron chi connectivity index (χ1n) is 23.6. The van der Waals surface area contributed by atoms with E-state index in [0.717, 1.165) is 23.3 Å². The van der Waals surface area contributed by atoms with Crippen LogP contribution in [0.25, 0.3) is 0 Å². The van der Waals surface area contributed by atoms with Gasteiger partial charge in [0.25, 0.3) is 0 Å². The van der Waals surface area contributed by atoms with E-state index >= 15 is 0 Å². The van der Waals surface area contributed by atoms with Crippen LogP contribution >= 0.6 is 0 Å². The van der Waals surface area contributed by atoms with E-state index in [1.54, 1.807) is 58.3 Å². The molecular weight excluding hydrogens is 905 g/mol. The first-order valence-corrected chi connectivity index (χ1v) is 23.6. The smallest absolute Gasteiger partial charge is 0.411 e. The molecule has 0 unspecified atom stereocenters. The molecule has 15 nitrogen and oxygen atoms in total. The summed E-state index contributed by atoms with van der Waals surface area (Å²) >= 11 is 0. The third kappa shape index (κ3) is 15.6. The number of benzene rings is 4. The van der Waals surface area contributed by atoms with Gasteiger partial charge in [-0.05, 0) is 126 Å². The van der Waals surface area contributed by atoms with Gasteiger partial charge in [0.05, 0.1) is 12.2 Å². The second-order valence-electron chi connectivity index (χ2n) is 20.1. The Morgan fingerprint density at radius 2 is 1.04 bits per heavy atom. The van der Waals surface area contributed by atoms with Crippen LogP contribution in [0, 0.1) is 23.5 Å². The normalized spacial score (nSPS) is 18.3. The van der Waals surface area contributed by atoms with Crippen molar-refractivity contribution < 1.29 is 59.3 Å². The van der Waals surface area contributed by atoms with Crippen LogP contribution in [0.4, 0.5) is 18.4 Å². The van der Waals surface area contributed by atoms with Crippen LogP contribution in [0.1, 0.15) is 78.6 Å². The average molecular weight is 976 g/mol. The molecule has 0 spiro atoms. The van der Waals surface area contributed by atoms with Crippen molar-refractivity contribution in [1.29, 1.82) is 0 Å². The number of carbonyl (C=O) groups is 4. The number of amides is 4. The molecule has 0 aliphatic carbocycles. The zero-order valence-corrected chi connectivity index (χ0v) is 41.1. The molecule has 0 radical (unpaired) electrons. The number of halogens is 2. The highest BCUT2D eigenvalue weighted by Gasteiger charge is 2.47. The lowest BCUT2D eigenvalue weighted by Gasteiger charge is -2.44. The van der Waals surface area contributed by atoms with Crippen molar-refractivity contribution in [3.05, 3.63) is 131 Å². The summed E-state index contributed by atoms with van der Waals surface area (Å²) in [7, 11) is 0. The van der Waals surface area contributed by atoms with Gasteiger partial charge in [-0.15, -0.1) is 0 Å². The number of phenols is 2. The maximum absolute atomic E-state index is 13.9. The lowest BCUT2D eigenvalue weighted by atomic mass is 9.85. The first kappa shape index (κ1) is 54.6. The van der Waals surface area contributed by atoms with E-state index in [2.05, 4.69) is 0 Å². The maximum Gasteiger partial charge on any atom is 0.411 e. The lowest BCUT2D eigenvalue weighted by molar-refractivity contribution is -0.150. The molecule has 70 heavy (non-hydrogen) atoms. The minimum Gasteiger partial charge on any atom is -0.508 e. The molecular formula is C53H71F2N5O10. The van der Waals surface area contributed by atoms with Crippen LogP contribution in [0.2, 0.25) is 0 Å². The molecule has 4 amide bonds. The van der Waals surface area contributed by atoms with Crippen molar-refractivity contribution in [3.8, 4) is 11.5 Å². The number of aliphatic hydroxyl groups excluding tert-OH is 2. The van der Waals surface area contributed by atoms with Crippen molar-refractivity contribution >= 4 is 24.0 Å². The molecule has 6 atom stereocenters. The molecule has 2 aliphatic rings. The fourth-order valence-electron chi connectivity index (χ4n) is 8.70. The Morgan fingerprint density at radius 3 is 1.43 bits per heavy atom. The molecule has 4 aromatic carbocycles. The summed E-state index contributed by atoms with van der Waals surface area (Å²) in [6, 6.07) is 24.0. The Bertz CT molecular complexity index is 2350. The second kappa shape index (κ2) is 24.0. The lowest BCUT2D eigenvalue weighted by Crippen LogP contribution is -2.64. The minimum atomic E-state index is -1.29. The zero-order valence-electron chi connectivity index (χ0n) is 41.1. The molecule has 6 N–H and O–H groups in total. The van der Waals surface area contributed by atoms with Gasteiger partial charge in [-0.1, -0.05) is 67.6 Å². The Labute approximate surface area is 410 Å². The molecule has 6 rings (SSSR count). The predicted octanol–water partition coefficient (Wildman–Crippen LogP) is 7.01. The molecule has 0 bridgehead atoms. The van der Waals surface area contributed by atoms with E-state index in [4.69, 9.17) is 15.2 Å². The summed E-state index contributed by atoms with van der Waals surface area (Å²) < 4.78 is 38.7. The van der Waals surface area contributed by atoms with Gasteiger partial charge in [-0.3, -0.25) is 19.4 Å². The molecule has 0 aromatic heterocycles.